The number of rotatable bonds is 4. The molecule has 2 aliphatic rings. The second kappa shape index (κ2) is 7.62. The minimum Gasteiger partial charge on any atom is -0.381 e. The molecule has 2 fully saturated rings. The van der Waals surface area contributed by atoms with Crippen molar-refractivity contribution in [3.63, 3.8) is 0 Å². The quantitative estimate of drug-likeness (QED) is 0.928. The first-order chi connectivity index (χ1) is 10.8. The van der Waals surface area contributed by atoms with Gasteiger partial charge >= 0.3 is 0 Å². The molecule has 0 amide bonds. The van der Waals surface area contributed by atoms with Crippen molar-refractivity contribution in [3.8, 4) is 6.07 Å². The molecule has 1 heterocycles. The van der Waals surface area contributed by atoms with Gasteiger partial charge in [-0.05, 0) is 30.5 Å². The number of ether oxygens (including phenoxy) is 1. The Balaban J connectivity index is 1.69. The molecule has 0 unspecified atom stereocenters. The largest absolute Gasteiger partial charge is 0.381 e. The number of benzene rings is 1. The van der Waals surface area contributed by atoms with Crippen LogP contribution in [0.15, 0.2) is 18.2 Å². The van der Waals surface area contributed by atoms with Gasteiger partial charge in [0.2, 0.25) is 0 Å². The third-order valence-electron chi connectivity index (χ3n) is 4.68. The highest BCUT2D eigenvalue weighted by molar-refractivity contribution is 5.59. The van der Waals surface area contributed by atoms with Crippen LogP contribution in [0, 0.1) is 11.3 Å². The van der Waals surface area contributed by atoms with E-state index in [1.807, 2.05) is 6.07 Å². The lowest BCUT2D eigenvalue weighted by Gasteiger charge is -2.27. The highest BCUT2D eigenvalue weighted by Gasteiger charge is 2.16. The molecule has 1 saturated heterocycles. The Hall–Kier alpha value is -1.57. The van der Waals surface area contributed by atoms with Crippen LogP contribution in [0.4, 0.5) is 5.69 Å². The van der Waals surface area contributed by atoms with Gasteiger partial charge in [-0.2, -0.15) is 5.26 Å². The molecule has 1 N–H and O–H groups in total. The highest BCUT2D eigenvalue weighted by Crippen LogP contribution is 2.25. The molecule has 1 aliphatic heterocycles. The highest BCUT2D eigenvalue weighted by atomic mass is 16.5. The number of hydrogen-bond donors (Lipinski definition) is 1. The average molecular weight is 299 g/mol. The summed E-state index contributed by atoms with van der Waals surface area (Å²) in [6, 6.07) is 9.06. The molecule has 0 spiro atoms. The summed E-state index contributed by atoms with van der Waals surface area (Å²) in [5, 5.41) is 13.0. The van der Waals surface area contributed by atoms with Gasteiger partial charge in [0.25, 0.3) is 0 Å². The number of nitrogens with one attached hydrogen (secondary N) is 1. The van der Waals surface area contributed by atoms with Gasteiger partial charge in [0.05, 0.1) is 24.5 Å². The number of nitriles is 1. The van der Waals surface area contributed by atoms with Crippen molar-refractivity contribution in [2.45, 2.75) is 44.7 Å². The molecule has 3 rings (SSSR count). The number of anilines is 1. The summed E-state index contributed by atoms with van der Waals surface area (Å²) in [4.78, 5) is 2.41. The Labute approximate surface area is 133 Å². The van der Waals surface area contributed by atoms with Crippen LogP contribution in [-0.4, -0.2) is 37.2 Å². The molecule has 0 atom stereocenters. The number of morpholine rings is 1. The van der Waals surface area contributed by atoms with E-state index in [1.165, 1.54) is 37.7 Å². The van der Waals surface area contributed by atoms with Crippen LogP contribution in [0.1, 0.15) is 43.2 Å². The monoisotopic (exact) mass is 299 g/mol. The summed E-state index contributed by atoms with van der Waals surface area (Å²) < 4.78 is 5.40. The van der Waals surface area contributed by atoms with Gasteiger partial charge in [0.1, 0.15) is 6.07 Å². The maximum absolute atomic E-state index is 9.34. The van der Waals surface area contributed by atoms with Gasteiger partial charge in [0, 0.05) is 25.7 Å². The Morgan fingerprint density at radius 3 is 2.68 bits per heavy atom. The predicted molar refractivity (Wildman–Crippen MR) is 87.7 cm³/mol. The van der Waals surface area contributed by atoms with Crippen molar-refractivity contribution >= 4 is 5.69 Å². The lowest BCUT2D eigenvalue weighted by molar-refractivity contribution is 0.0342. The van der Waals surface area contributed by atoms with Crippen molar-refractivity contribution in [1.82, 2.24) is 4.90 Å². The molecule has 1 aliphatic carbocycles. The summed E-state index contributed by atoms with van der Waals surface area (Å²) >= 11 is 0. The van der Waals surface area contributed by atoms with Crippen molar-refractivity contribution in [3.05, 3.63) is 29.3 Å². The second-order valence-electron chi connectivity index (χ2n) is 6.36. The van der Waals surface area contributed by atoms with Gasteiger partial charge < -0.3 is 10.1 Å². The van der Waals surface area contributed by atoms with E-state index in [0.717, 1.165) is 44.1 Å². The third-order valence-corrected chi connectivity index (χ3v) is 4.68. The first-order valence-electron chi connectivity index (χ1n) is 8.45. The van der Waals surface area contributed by atoms with E-state index in [2.05, 4.69) is 28.4 Å². The summed E-state index contributed by atoms with van der Waals surface area (Å²) in [6.45, 7) is 4.57. The molecule has 0 bridgehead atoms. The summed E-state index contributed by atoms with van der Waals surface area (Å²) in [5.41, 5.74) is 3.05. The van der Waals surface area contributed by atoms with Crippen molar-refractivity contribution < 1.29 is 4.74 Å². The van der Waals surface area contributed by atoms with Crippen LogP contribution < -0.4 is 5.32 Å². The van der Waals surface area contributed by atoms with Gasteiger partial charge in [-0.3, -0.25) is 4.90 Å². The van der Waals surface area contributed by atoms with E-state index in [-0.39, 0.29) is 0 Å². The summed E-state index contributed by atoms with van der Waals surface area (Å²) in [7, 11) is 0. The van der Waals surface area contributed by atoms with E-state index < -0.39 is 0 Å². The van der Waals surface area contributed by atoms with Crippen LogP contribution in [0.5, 0.6) is 0 Å². The van der Waals surface area contributed by atoms with Crippen molar-refractivity contribution in [2.75, 3.05) is 31.6 Å². The molecule has 1 aromatic rings. The fourth-order valence-corrected chi connectivity index (χ4v) is 3.39. The maximum Gasteiger partial charge on any atom is 0.101 e. The Bertz CT molecular complexity index is 526. The molecule has 0 aromatic heterocycles. The Morgan fingerprint density at radius 1 is 1.18 bits per heavy atom. The van der Waals surface area contributed by atoms with E-state index >= 15 is 0 Å². The average Bonchev–Trinajstić information content (AvgIpc) is 2.57. The van der Waals surface area contributed by atoms with E-state index in [4.69, 9.17) is 4.74 Å². The third kappa shape index (κ3) is 4.00. The Morgan fingerprint density at radius 2 is 1.95 bits per heavy atom. The molecule has 1 saturated carbocycles. The number of nitrogens with zero attached hydrogens (tertiary/aromatic N) is 2. The minimum atomic E-state index is 0.527. The first-order valence-corrected chi connectivity index (χ1v) is 8.45. The minimum absolute atomic E-state index is 0.527. The standard InChI is InChI=1S/C18H25N3O/c19-13-16-7-6-15(14-21-8-10-22-11-9-21)12-18(16)20-17-4-2-1-3-5-17/h6-7,12,17,20H,1-5,8-11,14H2. The maximum atomic E-state index is 9.34. The molecule has 118 valence electrons. The second-order valence-corrected chi connectivity index (χ2v) is 6.36. The van der Waals surface area contributed by atoms with E-state index in [0.29, 0.717) is 6.04 Å². The Kier molecular flexibility index (Phi) is 5.31. The smallest absolute Gasteiger partial charge is 0.101 e. The zero-order chi connectivity index (χ0) is 15.2. The van der Waals surface area contributed by atoms with Crippen LogP contribution in [-0.2, 0) is 11.3 Å². The molecule has 4 heteroatoms. The normalized spacial score (nSPS) is 20.5. The lowest BCUT2D eigenvalue weighted by Crippen LogP contribution is -2.35. The fraction of sp³-hybridized carbons (Fsp3) is 0.611. The molecule has 1 aromatic carbocycles. The predicted octanol–water partition coefficient (Wildman–Crippen LogP) is 3.14. The zero-order valence-electron chi connectivity index (χ0n) is 13.2. The van der Waals surface area contributed by atoms with Crippen LogP contribution in [0.3, 0.4) is 0 Å². The zero-order valence-corrected chi connectivity index (χ0v) is 13.2. The molecule has 4 nitrogen and oxygen atoms in total. The van der Waals surface area contributed by atoms with Gasteiger partial charge in [-0.1, -0.05) is 25.3 Å². The van der Waals surface area contributed by atoms with E-state index in [1.54, 1.807) is 0 Å². The van der Waals surface area contributed by atoms with Crippen molar-refractivity contribution in [2.24, 2.45) is 0 Å². The summed E-state index contributed by atoms with van der Waals surface area (Å²) in [6.07, 6.45) is 6.39. The molecular weight excluding hydrogens is 274 g/mol. The SMILES string of the molecule is N#Cc1ccc(CN2CCOCC2)cc1NC1CCCCC1. The van der Waals surface area contributed by atoms with Gasteiger partial charge in [-0.25, -0.2) is 0 Å². The van der Waals surface area contributed by atoms with Crippen LogP contribution in [0.2, 0.25) is 0 Å². The van der Waals surface area contributed by atoms with E-state index in [9.17, 15) is 5.26 Å². The number of hydrogen-bond acceptors (Lipinski definition) is 4. The fourth-order valence-electron chi connectivity index (χ4n) is 3.39. The van der Waals surface area contributed by atoms with Crippen LogP contribution in [0.25, 0.3) is 0 Å². The van der Waals surface area contributed by atoms with Crippen molar-refractivity contribution in [1.29, 1.82) is 5.26 Å². The topological polar surface area (TPSA) is 48.3 Å². The van der Waals surface area contributed by atoms with Gasteiger partial charge in [-0.15, -0.1) is 0 Å². The molecule has 0 radical (unpaired) electrons. The summed E-state index contributed by atoms with van der Waals surface area (Å²) in [5.74, 6) is 0. The van der Waals surface area contributed by atoms with Gasteiger partial charge in [0.15, 0.2) is 0 Å². The first kappa shape index (κ1) is 15.3. The van der Waals surface area contributed by atoms with Crippen LogP contribution >= 0.6 is 0 Å². The molecule has 22 heavy (non-hydrogen) atoms. The molecular formula is C18H25N3O. The lowest BCUT2D eigenvalue weighted by atomic mass is 9.95.